The van der Waals surface area contributed by atoms with Gasteiger partial charge in [-0.25, -0.2) is 13.4 Å². The monoisotopic (exact) mass is 478 g/mol. The molecule has 1 atom stereocenters. The highest BCUT2D eigenvalue weighted by molar-refractivity contribution is 14.1. The van der Waals surface area contributed by atoms with Crippen LogP contribution in [0.5, 0.6) is 0 Å². The van der Waals surface area contributed by atoms with E-state index in [-0.39, 0.29) is 24.0 Å². The number of anilines is 1. The lowest BCUT2D eigenvalue weighted by atomic mass is 10.1. The summed E-state index contributed by atoms with van der Waals surface area (Å²) >= 11 is 5.43. The fourth-order valence-electron chi connectivity index (χ4n) is 1.95. The summed E-state index contributed by atoms with van der Waals surface area (Å²) in [6.45, 7) is 0.324. The van der Waals surface area contributed by atoms with Crippen molar-refractivity contribution in [1.29, 1.82) is 0 Å². The molecule has 1 amide bonds. The van der Waals surface area contributed by atoms with Gasteiger partial charge in [0.15, 0.2) is 0 Å². The number of hydrogen-bond acceptors (Lipinski definition) is 4. The van der Waals surface area contributed by atoms with Crippen molar-refractivity contribution in [3.63, 3.8) is 0 Å². The van der Waals surface area contributed by atoms with E-state index >= 15 is 0 Å². The number of hydrogen-bond donors (Lipinski definition) is 0. The van der Waals surface area contributed by atoms with Crippen LogP contribution < -0.4 is 4.90 Å². The van der Waals surface area contributed by atoms with E-state index in [2.05, 4.69) is 43.5 Å². The molecule has 104 valence electrons. The number of rotatable bonds is 3. The van der Waals surface area contributed by atoms with Crippen LogP contribution in [0.4, 0.5) is 5.82 Å². The molecule has 9 heteroatoms. The van der Waals surface area contributed by atoms with Gasteiger partial charge in [-0.2, -0.15) is 0 Å². The summed E-state index contributed by atoms with van der Waals surface area (Å²) in [6.07, 6.45) is 0.178. The molecule has 0 radical (unpaired) electrons. The molecule has 0 bridgehead atoms. The van der Waals surface area contributed by atoms with Gasteiger partial charge in [-0.3, -0.25) is 9.69 Å². The van der Waals surface area contributed by atoms with Gasteiger partial charge < -0.3 is 0 Å². The highest BCUT2D eigenvalue weighted by atomic mass is 127. The van der Waals surface area contributed by atoms with Crippen molar-refractivity contribution < 1.29 is 13.2 Å². The van der Waals surface area contributed by atoms with E-state index in [1.165, 1.54) is 4.90 Å². The van der Waals surface area contributed by atoms with E-state index in [4.69, 9.17) is 10.7 Å². The number of halogens is 3. The highest BCUT2D eigenvalue weighted by Gasteiger charge is 2.33. The zero-order chi connectivity index (χ0) is 14.2. The minimum Gasteiger partial charge on any atom is -0.296 e. The Kier molecular flexibility index (Phi) is 4.74. The molecule has 1 saturated heterocycles. The molecule has 1 fully saturated rings. The zero-order valence-electron chi connectivity index (χ0n) is 9.51. The quantitative estimate of drug-likeness (QED) is 0.379. The molecule has 2 rings (SSSR count). The van der Waals surface area contributed by atoms with Crippen LogP contribution in [0.15, 0.2) is 16.7 Å². The molecule has 0 aliphatic carbocycles. The van der Waals surface area contributed by atoms with Crippen molar-refractivity contribution in [3.8, 4) is 0 Å². The molecular formula is C10H9BrClIN2O3S. The van der Waals surface area contributed by atoms with E-state index in [0.29, 0.717) is 17.0 Å². The maximum Gasteiger partial charge on any atom is 0.232 e. The van der Waals surface area contributed by atoms with Crippen LogP contribution in [-0.4, -0.2) is 31.6 Å². The van der Waals surface area contributed by atoms with Gasteiger partial charge in [0, 0.05) is 33.1 Å². The van der Waals surface area contributed by atoms with E-state index < -0.39 is 9.05 Å². The van der Waals surface area contributed by atoms with Crippen LogP contribution in [0, 0.1) is 9.49 Å². The second-order valence-electron chi connectivity index (χ2n) is 4.22. The molecule has 0 saturated carbocycles. The van der Waals surface area contributed by atoms with Gasteiger partial charge in [0.2, 0.25) is 15.0 Å². The maximum atomic E-state index is 11.9. The number of carbonyl (C=O) groups is 1. The second kappa shape index (κ2) is 5.82. The molecule has 5 nitrogen and oxygen atoms in total. The van der Waals surface area contributed by atoms with Crippen molar-refractivity contribution in [2.75, 3.05) is 17.2 Å². The zero-order valence-corrected chi connectivity index (χ0v) is 14.8. The van der Waals surface area contributed by atoms with Crippen LogP contribution >= 0.6 is 49.2 Å². The van der Waals surface area contributed by atoms with Crippen molar-refractivity contribution in [3.05, 3.63) is 20.3 Å². The van der Waals surface area contributed by atoms with Gasteiger partial charge >= 0.3 is 0 Å². The molecule has 0 spiro atoms. The van der Waals surface area contributed by atoms with Gasteiger partial charge in [0.1, 0.15) is 10.4 Å². The highest BCUT2D eigenvalue weighted by Crippen LogP contribution is 2.27. The first-order valence-electron chi connectivity index (χ1n) is 5.31. The second-order valence-corrected chi connectivity index (χ2v) is 8.96. The number of aromatic nitrogens is 1. The SMILES string of the molecule is O=C1CC(CS(=O)(=O)Cl)CN1c1ccc(I)c(Br)n1. The van der Waals surface area contributed by atoms with Crippen LogP contribution in [0.1, 0.15) is 6.42 Å². The number of amides is 1. The lowest BCUT2D eigenvalue weighted by molar-refractivity contribution is -0.117. The molecule has 1 aliphatic rings. The summed E-state index contributed by atoms with van der Waals surface area (Å²) in [7, 11) is 1.63. The van der Waals surface area contributed by atoms with Crippen LogP contribution in [-0.2, 0) is 13.8 Å². The standard InChI is InChI=1S/C10H9BrClIN2O3S/c11-10-7(13)1-2-8(14-10)15-4-6(3-9(15)16)5-19(12,17)18/h1-2,6H,3-5H2. The minimum absolute atomic E-state index is 0.133. The van der Waals surface area contributed by atoms with E-state index in [1.54, 1.807) is 6.07 Å². The summed E-state index contributed by atoms with van der Waals surface area (Å²) in [6, 6.07) is 3.58. The summed E-state index contributed by atoms with van der Waals surface area (Å²) in [5.41, 5.74) is 0. The van der Waals surface area contributed by atoms with Crippen LogP contribution in [0.25, 0.3) is 0 Å². The fourth-order valence-corrected chi connectivity index (χ4v) is 3.89. The first-order chi connectivity index (χ1) is 8.76. The summed E-state index contributed by atoms with van der Waals surface area (Å²) in [5, 5.41) is 0. The van der Waals surface area contributed by atoms with Crippen LogP contribution in [0.3, 0.4) is 0 Å². The largest absolute Gasteiger partial charge is 0.296 e. The maximum absolute atomic E-state index is 11.9. The Labute approximate surface area is 137 Å². The van der Waals surface area contributed by atoms with Gasteiger partial charge in [-0.05, 0) is 50.7 Å². The Morgan fingerprint density at radius 2 is 2.21 bits per heavy atom. The molecule has 1 unspecified atom stereocenters. The Morgan fingerprint density at radius 3 is 2.79 bits per heavy atom. The number of carbonyl (C=O) groups excluding carboxylic acids is 1. The summed E-state index contributed by atoms with van der Waals surface area (Å²) < 4.78 is 23.7. The number of nitrogens with zero attached hydrogens (tertiary/aromatic N) is 2. The molecule has 1 aromatic rings. The van der Waals surface area contributed by atoms with Gasteiger partial charge in [0.05, 0.1) is 5.75 Å². The minimum atomic E-state index is -3.59. The molecule has 1 aliphatic heterocycles. The average Bonchev–Trinajstić information content (AvgIpc) is 2.61. The normalized spacial score (nSPS) is 20.1. The van der Waals surface area contributed by atoms with Crippen LogP contribution in [0.2, 0.25) is 0 Å². The summed E-state index contributed by atoms with van der Waals surface area (Å²) in [5.74, 6) is -0.0879. The van der Waals surface area contributed by atoms with Gasteiger partial charge in [-0.1, -0.05) is 0 Å². The van der Waals surface area contributed by atoms with Crippen molar-refractivity contribution >= 4 is 70.0 Å². The molecule has 19 heavy (non-hydrogen) atoms. The Bertz CT molecular complexity index is 625. The number of pyridine rings is 1. The van der Waals surface area contributed by atoms with Crippen molar-refractivity contribution in [2.45, 2.75) is 6.42 Å². The van der Waals surface area contributed by atoms with Gasteiger partial charge in [0.25, 0.3) is 0 Å². The van der Waals surface area contributed by atoms with Gasteiger partial charge in [-0.15, -0.1) is 0 Å². The predicted molar refractivity (Wildman–Crippen MR) is 84.8 cm³/mol. The topological polar surface area (TPSA) is 67.3 Å². The van der Waals surface area contributed by atoms with E-state index in [9.17, 15) is 13.2 Å². The van der Waals surface area contributed by atoms with E-state index in [1.807, 2.05) is 6.07 Å². The average molecular weight is 480 g/mol. The van der Waals surface area contributed by atoms with Crippen molar-refractivity contribution in [2.24, 2.45) is 5.92 Å². The third kappa shape index (κ3) is 4.02. The summed E-state index contributed by atoms with van der Waals surface area (Å²) in [4.78, 5) is 17.7. The Balaban J connectivity index is 2.18. The third-order valence-electron chi connectivity index (χ3n) is 2.70. The molecular weight excluding hydrogens is 470 g/mol. The predicted octanol–water partition coefficient (Wildman–Crippen LogP) is 2.37. The molecule has 2 heterocycles. The van der Waals surface area contributed by atoms with Crippen molar-refractivity contribution in [1.82, 2.24) is 4.98 Å². The smallest absolute Gasteiger partial charge is 0.232 e. The fraction of sp³-hybridized carbons (Fsp3) is 0.400. The third-order valence-corrected chi connectivity index (χ3v) is 6.17. The Morgan fingerprint density at radius 1 is 1.53 bits per heavy atom. The lowest BCUT2D eigenvalue weighted by Crippen LogP contribution is -2.26. The lowest BCUT2D eigenvalue weighted by Gasteiger charge is -2.15. The molecule has 0 N–H and O–H groups in total. The first-order valence-corrected chi connectivity index (χ1v) is 9.66. The van der Waals surface area contributed by atoms with E-state index in [0.717, 1.165) is 3.57 Å². The first kappa shape index (κ1) is 15.5. The molecule has 0 aromatic carbocycles. The molecule has 1 aromatic heterocycles. The Hall–Kier alpha value is 0.0700.